The van der Waals surface area contributed by atoms with Crippen molar-refractivity contribution in [2.75, 3.05) is 6.54 Å². The molecule has 0 radical (unpaired) electrons. The molecule has 0 heterocycles. The smallest absolute Gasteiger partial charge is 0.316 e. The molecule has 1 saturated carbocycles. The van der Waals surface area contributed by atoms with Gasteiger partial charge in [0.05, 0.1) is 11.0 Å². The van der Waals surface area contributed by atoms with E-state index in [1.807, 2.05) is 0 Å². The molecule has 1 aromatic carbocycles. The van der Waals surface area contributed by atoms with Crippen LogP contribution in [0.25, 0.3) is 4.85 Å². The third-order valence-corrected chi connectivity index (χ3v) is 3.50. The van der Waals surface area contributed by atoms with Gasteiger partial charge in [0, 0.05) is 0 Å². The lowest BCUT2D eigenvalue weighted by atomic mass is 9.63. The van der Waals surface area contributed by atoms with Gasteiger partial charge in [-0.15, -0.1) is 0 Å². The second-order valence-electron chi connectivity index (χ2n) is 4.49. The van der Waals surface area contributed by atoms with Crippen molar-refractivity contribution >= 4 is 0 Å². The van der Waals surface area contributed by atoms with E-state index in [0.29, 0.717) is 18.4 Å². The maximum atomic E-state index is 12.9. The first-order valence-corrected chi connectivity index (χ1v) is 5.49. The summed E-state index contributed by atoms with van der Waals surface area (Å²) in [7, 11) is 0. The summed E-state index contributed by atoms with van der Waals surface area (Å²) in [4.78, 5) is 3.31. The van der Waals surface area contributed by atoms with Gasteiger partial charge in [0.2, 0.25) is 6.54 Å². The van der Waals surface area contributed by atoms with Gasteiger partial charge in [-0.2, -0.15) is 13.2 Å². The molecular formula is C13H12F3N. The molecule has 0 spiro atoms. The molecule has 0 N–H and O–H groups in total. The van der Waals surface area contributed by atoms with E-state index < -0.39 is 17.2 Å². The van der Waals surface area contributed by atoms with Gasteiger partial charge in [-0.1, -0.05) is 24.6 Å². The lowest BCUT2D eigenvalue weighted by Crippen LogP contribution is -2.38. The summed E-state index contributed by atoms with van der Waals surface area (Å²) in [5.74, 6) is 0. The van der Waals surface area contributed by atoms with Gasteiger partial charge in [0.25, 0.3) is 0 Å². The minimum Gasteiger partial charge on any atom is -0.316 e. The minimum atomic E-state index is -4.33. The van der Waals surface area contributed by atoms with Crippen molar-refractivity contribution in [3.63, 3.8) is 0 Å². The normalized spacial score (nSPS) is 18.2. The standard InChI is InChI=1S/C13H12F3N/c1-17-9-12(7-4-8-12)10-5-2-3-6-11(10)13(14,15)16/h2-3,5-6H,4,7-9H2. The van der Waals surface area contributed by atoms with Crippen LogP contribution in [0.15, 0.2) is 24.3 Å². The summed E-state index contributed by atoms with van der Waals surface area (Å²) < 4.78 is 38.7. The molecule has 0 saturated heterocycles. The Hall–Kier alpha value is -1.50. The van der Waals surface area contributed by atoms with Crippen molar-refractivity contribution in [2.24, 2.45) is 0 Å². The molecule has 2 rings (SSSR count). The van der Waals surface area contributed by atoms with Crippen LogP contribution >= 0.6 is 0 Å². The zero-order valence-electron chi connectivity index (χ0n) is 9.22. The zero-order valence-corrected chi connectivity index (χ0v) is 9.22. The van der Waals surface area contributed by atoms with Crippen LogP contribution in [0.3, 0.4) is 0 Å². The Balaban J connectivity index is 2.48. The summed E-state index contributed by atoms with van der Waals surface area (Å²) >= 11 is 0. The van der Waals surface area contributed by atoms with E-state index in [0.717, 1.165) is 12.5 Å². The molecule has 1 aliphatic rings. The minimum absolute atomic E-state index is 0.153. The van der Waals surface area contributed by atoms with Crippen molar-refractivity contribution in [2.45, 2.75) is 30.9 Å². The molecule has 17 heavy (non-hydrogen) atoms. The Kier molecular flexibility index (Phi) is 2.86. The van der Waals surface area contributed by atoms with Crippen LogP contribution in [0.5, 0.6) is 0 Å². The molecule has 0 aliphatic heterocycles. The highest BCUT2D eigenvalue weighted by molar-refractivity contribution is 5.39. The lowest BCUT2D eigenvalue weighted by molar-refractivity contribution is -0.139. The predicted molar refractivity (Wildman–Crippen MR) is 58.4 cm³/mol. The van der Waals surface area contributed by atoms with Crippen LogP contribution in [0, 0.1) is 6.57 Å². The monoisotopic (exact) mass is 239 g/mol. The van der Waals surface area contributed by atoms with E-state index in [2.05, 4.69) is 4.85 Å². The Morgan fingerprint density at radius 3 is 2.35 bits per heavy atom. The van der Waals surface area contributed by atoms with Gasteiger partial charge in [0.15, 0.2) is 0 Å². The zero-order chi connectivity index (χ0) is 12.5. The first-order chi connectivity index (χ1) is 7.99. The average molecular weight is 239 g/mol. The van der Waals surface area contributed by atoms with Crippen LogP contribution in [0.2, 0.25) is 0 Å². The Bertz CT molecular complexity index is 452. The van der Waals surface area contributed by atoms with E-state index in [9.17, 15) is 13.2 Å². The maximum absolute atomic E-state index is 12.9. The first kappa shape index (κ1) is 12.0. The van der Waals surface area contributed by atoms with Gasteiger partial charge in [-0.25, -0.2) is 6.57 Å². The molecule has 1 fully saturated rings. The number of alkyl halides is 3. The topological polar surface area (TPSA) is 4.36 Å². The summed E-state index contributed by atoms with van der Waals surface area (Å²) in [5, 5.41) is 0. The Morgan fingerprint density at radius 2 is 1.88 bits per heavy atom. The highest BCUT2D eigenvalue weighted by atomic mass is 19.4. The number of nitrogens with zero attached hydrogens (tertiary/aromatic N) is 1. The Labute approximate surface area is 98.1 Å². The van der Waals surface area contributed by atoms with E-state index in [1.165, 1.54) is 12.1 Å². The number of rotatable bonds is 2. The quantitative estimate of drug-likeness (QED) is 0.686. The summed E-state index contributed by atoms with van der Waals surface area (Å²) in [5.41, 5.74) is -0.841. The molecule has 1 aliphatic carbocycles. The van der Waals surface area contributed by atoms with Crippen molar-refractivity contribution in [1.29, 1.82) is 0 Å². The van der Waals surface area contributed by atoms with E-state index in [-0.39, 0.29) is 6.54 Å². The predicted octanol–water partition coefficient (Wildman–Crippen LogP) is 4.05. The molecule has 0 atom stereocenters. The number of hydrogen-bond acceptors (Lipinski definition) is 0. The summed E-state index contributed by atoms with van der Waals surface area (Å²) in [6.07, 6.45) is -2.06. The molecule has 0 unspecified atom stereocenters. The van der Waals surface area contributed by atoms with Gasteiger partial charge in [0.1, 0.15) is 0 Å². The highest BCUT2D eigenvalue weighted by Gasteiger charge is 2.47. The third-order valence-electron chi connectivity index (χ3n) is 3.50. The molecule has 1 nitrogen and oxygen atoms in total. The molecular weight excluding hydrogens is 227 g/mol. The largest absolute Gasteiger partial charge is 0.416 e. The van der Waals surface area contributed by atoms with Crippen LogP contribution in [-0.2, 0) is 11.6 Å². The van der Waals surface area contributed by atoms with Gasteiger partial charge in [-0.3, -0.25) is 0 Å². The molecule has 1 aromatic rings. The number of benzene rings is 1. The molecule has 4 heteroatoms. The van der Waals surface area contributed by atoms with Crippen LogP contribution in [0.1, 0.15) is 30.4 Å². The second-order valence-corrected chi connectivity index (χ2v) is 4.49. The third kappa shape index (κ3) is 2.02. The first-order valence-electron chi connectivity index (χ1n) is 5.49. The summed E-state index contributed by atoms with van der Waals surface area (Å²) in [6.45, 7) is 7.07. The second kappa shape index (κ2) is 4.06. The summed E-state index contributed by atoms with van der Waals surface area (Å²) in [6, 6.07) is 5.65. The van der Waals surface area contributed by atoms with E-state index in [1.54, 1.807) is 6.07 Å². The van der Waals surface area contributed by atoms with Gasteiger partial charge >= 0.3 is 6.18 Å². The van der Waals surface area contributed by atoms with Crippen LogP contribution in [0.4, 0.5) is 13.2 Å². The number of halogens is 3. The van der Waals surface area contributed by atoms with Crippen molar-refractivity contribution in [1.82, 2.24) is 0 Å². The fourth-order valence-corrected chi connectivity index (χ4v) is 2.46. The fraction of sp³-hybridized carbons (Fsp3) is 0.462. The lowest BCUT2D eigenvalue weighted by Gasteiger charge is -2.39. The van der Waals surface area contributed by atoms with E-state index >= 15 is 0 Å². The van der Waals surface area contributed by atoms with Crippen molar-refractivity contribution < 1.29 is 13.2 Å². The molecule has 90 valence electrons. The van der Waals surface area contributed by atoms with Crippen LogP contribution in [-0.4, -0.2) is 6.54 Å². The molecule has 0 bridgehead atoms. The number of hydrogen-bond donors (Lipinski definition) is 0. The fourth-order valence-electron chi connectivity index (χ4n) is 2.46. The van der Waals surface area contributed by atoms with Gasteiger partial charge in [-0.05, 0) is 24.5 Å². The maximum Gasteiger partial charge on any atom is 0.416 e. The van der Waals surface area contributed by atoms with Crippen LogP contribution < -0.4 is 0 Å². The highest BCUT2D eigenvalue weighted by Crippen LogP contribution is 2.48. The van der Waals surface area contributed by atoms with Crippen molar-refractivity contribution in [3.8, 4) is 0 Å². The molecule has 0 aromatic heterocycles. The SMILES string of the molecule is [C-]#[N+]CC1(c2ccccc2C(F)(F)F)CCC1. The van der Waals surface area contributed by atoms with Crippen molar-refractivity contribution in [3.05, 3.63) is 46.8 Å². The average Bonchev–Trinajstić information content (AvgIpc) is 2.22. The van der Waals surface area contributed by atoms with Gasteiger partial charge < -0.3 is 4.85 Å². The Morgan fingerprint density at radius 1 is 1.24 bits per heavy atom. The van der Waals surface area contributed by atoms with E-state index in [4.69, 9.17) is 6.57 Å². The molecule has 0 amide bonds.